The van der Waals surface area contributed by atoms with Crippen molar-refractivity contribution in [1.29, 1.82) is 0 Å². The van der Waals surface area contributed by atoms with Crippen molar-refractivity contribution in [2.75, 3.05) is 18.0 Å². The third-order valence-corrected chi connectivity index (χ3v) is 9.00. The van der Waals surface area contributed by atoms with Gasteiger partial charge in [0.1, 0.15) is 5.01 Å². The van der Waals surface area contributed by atoms with Crippen LogP contribution in [0.15, 0.2) is 84.2 Å². The molecule has 46 heavy (non-hydrogen) atoms. The van der Waals surface area contributed by atoms with Gasteiger partial charge in [0.15, 0.2) is 0 Å². The summed E-state index contributed by atoms with van der Waals surface area (Å²) in [6, 6.07) is 27.7. The summed E-state index contributed by atoms with van der Waals surface area (Å²) in [5.74, 6) is -0.562. The van der Waals surface area contributed by atoms with Crippen LogP contribution in [0.2, 0.25) is 0 Å². The van der Waals surface area contributed by atoms with Crippen LogP contribution in [-0.4, -0.2) is 46.0 Å². The van der Waals surface area contributed by atoms with Crippen molar-refractivity contribution in [3.05, 3.63) is 106 Å². The Labute approximate surface area is 278 Å². The molecular formula is C38H48N4O3S. The van der Waals surface area contributed by atoms with Crippen molar-refractivity contribution >= 4 is 28.9 Å². The maximum absolute atomic E-state index is 12.6. The lowest BCUT2D eigenvalue weighted by molar-refractivity contribution is -0.138. The SMILES string of the molecule is CCCC(CCC)c1ccc(N(Cc2ccc(-c3csc(CN(CC(=O)O)CC(=O)NCc4ccccc4)n3)cc2)C(C)C)cc1. The van der Waals surface area contributed by atoms with Crippen LogP contribution in [0.25, 0.3) is 11.3 Å². The highest BCUT2D eigenvalue weighted by Crippen LogP contribution is 2.30. The van der Waals surface area contributed by atoms with E-state index in [0.717, 1.165) is 28.4 Å². The summed E-state index contributed by atoms with van der Waals surface area (Å²) in [6.07, 6.45) is 4.89. The highest BCUT2D eigenvalue weighted by Gasteiger charge is 2.18. The van der Waals surface area contributed by atoms with E-state index in [4.69, 9.17) is 4.98 Å². The number of carbonyl (C=O) groups is 2. The molecule has 4 rings (SSSR count). The Hall–Kier alpha value is -4.01. The minimum absolute atomic E-state index is 0.0180. The van der Waals surface area contributed by atoms with Gasteiger partial charge in [-0.1, -0.05) is 93.4 Å². The van der Waals surface area contributed by atoms with Crippen LogP contribution < -0.4 is 10.2 Å². The Morgan fingerprint density at radius 3 is 2.13 bits per heavy atom. The smallest absolute Gasteiger partial charge is 0.317 e. The second-order valence-corrected chi connectivity index (χ2v) is 13.2. The number of thiazole rings is 1. The van der Waals surface area contributed by atoms with E-state index < -0.39 is 5.97 Å². The minimum atomic E-state index is -0.980. The maximum Gasteiger partial charge on any atom is 0.317 e. The molecule has 0 spiro atoms. The number of aromatic nitrogens is 1. The number of carbonyl (C=O) groups excluding carboxylic acids is 1. The molecule has 0 aliphatic carbocycles. The highest BCUT2D eigenvalue weighted by molar-refractivity contribution is 7.09. The highest BCUT2D eigenvalue weighted by atomic mass is 32.1. The van der Waals surface area contributed by atoms with Gasteiger partial charge < -0.3 is 15.3 Å². The van der Waals surface area contributed by atoms with Crippen molar-refractivity contribution in [2.24, 2.45) is 0 Å². The fourth-order valence-electron chi connectivity index (χ4n) is 5.78. The zero-order chi connectivity index (χ0) is 32.9. The molecule has 0 aliphatic heterocycles. The Balaban J connectivity index is 1.37. The molecule has 0 saturated heterocycles. The average molecular weight is 641 g/mol. The van der Waals surface area contributed by atoms with E-state index in [0.29, 0.717) is 18.5 Å². The molecule has 0 bridgehead atoms. The molecule has 244 valence electrons. The predicted octanol–water partition coefficient (Wildman–Crippen LogP) is 8.11. The van der Waals surface area contributed by atoms with Crippen molar-refractivity contribution < 1.29 is 14.7 Å². The molecular weight excluding hydrogens is 593 g/mol. The summed E-state index contributed by atoms with van der Waals surface area (Å²) in [7, 11) is 0. The summed E-state index contributed by atoms with van der Waals surface area (Å²) in [4.78, 5) is 32.9. The van der Waals surface area contributed by atoms with E-state index in [2.05, 4.69) is 86.4 Å². The topological polar surface area (TPSA) is 85.8 Å². The van der Waals surface area contributed by atoms with E-state index in [1.807, 2.05) is 35.7 Å². The number of benzene rings is 3. The first kappa shape index (κ1) is 34.9. The van der Waals surface area contributed by atoms with E-state index in [-0.39, 0.29) is 25.5 Å². The Bertz CT molecular complexity index is 1500. The number of nitrogens with zero attached hydrogens (tertiary/aromatic N) is 3. The second kappa shape index (κ2) is 17.6. The van der Waals surface area contributed by atoms with Crippen LogP contribution in [-0.2, 0) is 29.2 Å². The van der Waals surface area contributed by atoms with E-state index in [9.17, 15) is 14.7 Å². The van der Waals surface area contributed by atoms with Gasteiger partial charge in [-0.15, -0.1) is 11.3 Å². The molecule has 0 atom stereocenters. The Morgan fingerprint density at radius 1 is 0.848 bits per heavy atom. The lowest BCUT2D eigenvalue weighted by Crippen LogP contribution is -2.39. The molecule has 1 amide bonds. The Morgan fingerprint density at radius 2 is 1.52 bits per heavy atom. The zero-order valence-corrected chi connectivity index (χ0v) is 28.4. The number of hydrogen-bond donors (Lipinski definition) is 2. The summed E-state index contributed by atoms with van der Waals surface area (Å²) in [5.41, 5.74) is 6.75. The van der Waals surface area contributed by atoms with E-state index in [1.165, 1.54) is 53.8 Å². The molecule has 1 heterocycles. The van der Waals surface area contributed by atoms with Gasteiger partial charge in [0.2, 0.25) is 5.91 Å². The van der Waals surface area contributed by atoms with E-state index >= 15 is 0 Å². The van der Waals surface area contributed by atoms with Gasteiger partial charge in [0.25, 0.3) is 0 Å². The lowest BCUT2D eigenvalue weighted by atomic mass is 9.90. The predicted molar refractivity (Wildman–Crippen MR) is 189 cm³/mol. The van der Waals surface area contributed by atoms with Crippen molar-refractivity contribution in [3.8, 4) is 11.3 Å². The number of nitrogens with one attached hydrogen (secondary N) is 1. The fraction of sp³-hybridized carbons (Fsp3) is 0.395. The van der Waals surface area contributed by atoms with Gasteiger partial charge in [0, 0.05) is 35.8 Å². The number of carboxylic acids is 1. The van der Waals surface area contributed by atoms with E-state index in [1.54, 1.807) is 4.90 Å². The molecule has 8 heteroatoms. The summed E-state index contributed by atoms with van der Waals surface area (Å²) in [6.45, 7) is 10.2. The first-order chi connectivity index (χ1) is 22.2. The first-order valence-corrected chi connectivity index (χ1v) is 17.3. The van der Waals surface area contributed by atoms with Crippen LogP contribution in [0.4, 0.5) is 5.69 Å². The van der Waals surface area contributed by atoms with Crippen molar-refractivity contribution in [1.82, 2.24) is 15.2 Å². The molecule has 3 aromatic carbocycles. The number of carboxylic acid groups (broad SMARTS) is 1. The third kappa shape index (κ3) is 10.5. The minimum Gasteiger partial charge on any atom is -0.480 e. The molecule has 0 unspecified atom stereocenters. The molecule has 0 aliphatic rings. The monoisotopic (exact) mass is 640 g/mol. The van der Waals surface area contributed by atoms with Crippen LogP contribution in [0.3, 0.4) is 0 Å². The van der Waals surface area contributed by atoms with Crippen LogP contribution in [0, 0.1) is 0 Å². The molecule has 0 fully saturated rings. The third-order valence-electron chi connectivity index (χ3n) is 8.17. The quantitative estimate of drug-likeness (QED) is 0.114. The summed E-state index contributed by atoms with van der Waals surface area (Å²) < 4.78 is 0. The van der Waals surface area contributed by atoms with Crippen LogP contribution in [0.1, 0.15) is 81.0 Å². The first-order valence-electron chi connectivity index (χ1n) is 16.4. The lowest BCUT2D eigenvalue weighted by Gasteiger charge is -2.30. The number of aliphatic carboxylic acids is 1. The zero-order valence-electron chi connectivity index (χ0n) is 27.6. The van der Waals surface area contributed by atoms with Gasteiger partial charge in [-0.3, -0.25) is 14.5 Å². The largest absolute Gasteiger partial charge is 0.480 e. The van der Waals surface area contributed by atoms with Gasteiger partial charge in [-0.2, -0.15) is 0 Å². The second-order valence-electron chi connectivity index (χ2n) is 12.2. The molecule has 7 nitrogen and oxygen atoms in total. The maximum atomic E-state index is 12.6. The molecule has 1 aromatic heterocycles. The number of anilines is 1. The average Bonchev–Trinajstić information content (AvgIpc) is 3.51. The molecule has 4 aromatic rings. The number of hydrogen-bond acceptors (Lipinski definition) is 6. The van der Waals surface area contributed by atoms with Crippen molar-refractivity contribution in [2.45, 2.75) is 85.0 Å². The Kier molecular flexibility index (Phi) is 13.4. The van der Waals surface area contributed by atoms with Crippen LogP contribution >= 0.6 is 11.3 Å². The summed E-state index contributed by atoms with van der Waals surface area (Å²) >= 11 is 1.48. The molecule has 2 N–H and O–H groups in total. The van der Waals surface area contributed by atoms with Gasteiger partial charge in [-0.25, -0.2) is 4.98 Å². The van der Waals surface area contributed by atoms with Gasteiger partial charge >= 0.3 is 5.97 Å². The summed E-state index contributed by atoms with van der Waals surface area (Å²) in [5, 5.41) is 15.1. The van der Waals surface area contributed by atoms with Crippen molar-refractivity contribution in [3.63, 3.8) is 0 Å². The number of amides is 1. The number of rotatable bonds is 18. The normalized spacial score (nSPS) is 11.4. The van der Waals surface area contributed by atoms with Gasteiger partial charge in [-0.05, 0) is 61.4 Å². The standard InChI is InChI=1S/C38H48N4O3S/c1-5-10-31(11-6-2)32-18-20-34(21-19-32)42(28(3)4)23-30-14-16-33(17-15-30)35-27-46-37(40-35)25-41(26-38(44)45)24-36(43)39-22-29-12-8-7-9-13-29/h7-9,12-21,27-28,31H,5-6,10-11,22-26H2,1-4H3,(H,39,43)(H,44,45). The van der Waals surface area contributed by atoms with Crippen LogP contribution in [0.5, 0.6) is 0 Å². The van der Waals surface area contributed by atoms with Gasteiger partial charge in [0.05, 0.1) is 25.3 Å². The fourth-order valence-corrected chi connectivity index (χ4v) is 6.63. The molecule has 0 radical (unpaired) electrons. The molecule has 0 saturated carbocycles.